The average Bonchev–Trinajstić information content (AvgIpc) is 2.76. The minimum atomic E-state index is -0.852. The molecule has 30 heavy (non-hydrogen) atoms. The van der Waals surface area contributed by atoms with Crippen LogP contribution in [0.3, 0.4) is 0 Å². The molecule has 1 aliphatic heterocycles. The zero-order valence-electron chi connectivity index (χ0n) is 17.2. The maximum Gasteiger partial charge on any atom is 0.269 e. The lowest BCUT2D eigenvalue weighted by molar-refractivity contribution is -0.277. The lowest BCUT2D eigenvalue weighted by Gasteiger charge is -2.37. The Labute approximate surface area is 175 Å². The minimum Gasteiger partial charge on any atom is -0.371 e. The molecule has 2 atom stereocenters. The van der Waals surface area contributed by atoms with Gasteiger partial charge in [-0.2, -0.15) is 0 Å². The molecule has 160 valence electrons. The third kappa shape index (κ3) is 6.35. The molecule has 3 rings (SSSR count). The molecule has 8 nitrogen and oxygen atoms in total. The molecular formula is C22H27N3O5. The van der Waals surface area contributed by atoms with Crippen LogP contribution in [0.5, 0.6) is 0 Å². The third-order valence-corrected chi connectivity index (χ3v) is 4.58. The Bertz CT molecular complexity index is 829. The molecule has 0 unspecified atom stereocenters. The largest absolute Gasteiger partial charge is 0.371 e. The van der Waals surface area contributed by atoms with Gasteiger partial charge in [-0.15, -0.1) is 0 Å². The maximum absolute atomic E-state index is 12.4. The van der Waals surface area contributed by atoms with Crippen molar-refractivity contribution in [1.29, 1.82) is 0 Å². The number of aromatic nitrogens is 1. The summed E-state index contributed by atoms with van der Waals surface area (Å²) in [5, 5.41) is 5.71. The molecule has 1 aromatic carbocycles. The van der Waals surface area contributed by atoms with Crippen molar-refractivity contribution in [3.63, 3.8) is 0 Å². The number of ether oxygens (including phenoxy) is 3. The number of nitrogens with one attached hydrogen (secondary N) is 2. The number of pyridine rings is 1. The number of amides is 2. The highest BCUT2D eigenvalue weighted by molar-refractivity contribution is 5.94. The lowest BCUT2D eigenvalue weighted by Crippen LogP contribution is -2.52. The molecule has 2 N–H and O–H groups in total. The van der Waals surface area contributed by atoms with Gasteiger partial charge in [-0.05, 0) is 38.1 Å². The van der Waals surface area contributed by atoms with E-state index in [9.17, 15) is 9.59 Å². The first-order chi connectivity index (χ1) is 14.4. The zero-order valence-corrected chi connectivity index (χ0v) is 17.2. The second kappa shape index (κ2) is 10.3. The summed E-state index contributed by atoms with van der Waals surface area (Å²) >= 11 is 0. The fraction of sp³-hybridized carbons (Fsp3) is 0.409. The molecule has 8 heteroatoms. The van der Waals surface area contributed by atoms with Gasteiger partial charge in [0.1, 0.15) is 17.9 Å². The van der Waals surface area contributed by atoms with Crippen LogP contribution >= 0.6 is 0 Å². The zero-order chi connectivity index (χ0) is 21.4. The second-order valence-corrected chi connectivity index (χ2v) is 7.31. The Morgan fingerprint density at radius 1 is 0.967 bits per heavy atom. The number of hydrogen-bond acceptors (Lipinski definition) is 6. The second-order valence-electron chi connectivity index (χ2n) is 7.31. The van der Waals surface area contributed by atoms with Crippen molar-refractivity contribution >= 4 is 11.8 Å². The van der Waals surface area contributed by atoms with E-state index < -0.39 is 18.0 Å². The van der Waals surface area contributed by atoms with Crippen LogP contribution in [-0.4, -0.2) is 61.1 Å². The molecule has 1 saturated heterocycles. The van der Waals surface area contributed by atoms with Gasteiger partial charge < -0.3 is 24.8 Å². The molecule has 2 heterocycles. The fourth-order valence-electron chi connectivity index (χ4n) is 3.10. The minimum absolute atomic E-state index is 0.199. The molecule has 1 aromatic heterocycles. The molecule has 2 aromatic rings. The smallest absolute Gasteiger partial charge is 0.269 e. The molecule has 1 fully saturated rings. The Kier molecular flexibility index (Phi) is 7.51. The topological polar surface area (TPSA) is 98.8 Å². The number of carbonyl (C=O) groups excluding carboxylic acids is 2. The monoisotopic (exact) mass is 413 g/mol. The highest BCUT2D eigenvalue weighted by Gasteiger charge is 2.33. The Hall–Kier alpha value is -2.81. The Balaban J connectivity index is 1.65. The van der Waals surface area contributed by atoms with Crippen LogP contribution in [-0.2, 0) is 14.2 Å². The number of rotatable bonds is 6. The van der Waals surface area contributed by atoms with E-state index in [0.29, 0.717) is 24.5 Å². The molecule has 0 spiro atoms. The summed E-state index contributed by atoms with van der Waals surface area (Å²) in [6, 6.07) is 14.1. The first-order valence-electron chi connectivity index (χ1n) is 9.90. The van der Waals surface area contributed by atoms with Crippen molar-refractivity contribution in [2.24, 2.45) is 0 Å². The van der Waals surface area contributed by atoms with E-state index in [1.807, 2.05) is 19.9 Å². The van der Waals surface area contributed by atoms with Gasteiger partial charge in [-0.1, -0.05) is 24.3 Å². The highest BCUT2D eigenvalue weighted by atomic mass is 16.7. The van der Waals surface area contributed by atoms with Gasteiger partial charge in [0.05, 0.1) is 13.2 Å². The van der Waals surface area contributed by atoms with E-state index in [2.05, 4.69) is 15.6 Å². The predicted octanol–water partition coefficient (Wildman–Crippen LogP) is 1.78. The van der Waals surface area contributed by atoms with Crippen molar-refractivity contribution in [1.82, 2.24) is 15.6 Å². The summed E-state index contributed by atoms with van der Waals surface area (Å²) in [5.74, 6) is -1.37. The van der Waals surface area contributed by atoms with Crippen molar-refractivity contribution in [2.75, 3.05) is 26.3 Å². The van der Waals surface area contributed by atoms with Crippen molar-refractivity contribution in [2.45, 2.75) is 31.8 Å². The number of carbonyl (C=O) groups is 2. The van der Waals surface area contributed by atoms with E-state index in [1.165, 1.54) is 0 Å². The number of nitrogens with zero attached hydrogens (tertiary/aromatic N) is 1. The predicted molar refractivity (Wildman–Crippen MR) is 110 cm³/mol. The average molecular weight is 413 g/mol. The molecular weight excluding hydrogens is 386 g/mol. The van der Waals surface area contributed by atoms with Gasteiger partial charge in [-0.3, -0.25) is 14.6 Å². The van der Waals surface area contributed by atoms with Gasteiger partial charge >= 0.3 is 0 Å². The van der Waals surface area contributed by atoms with Crippen LogP contribution in [0.15, 0.2) is 54.7 Å². The fourth-order valence-corrected chi connectivity index (χ4v) is 3.10. The molecule has 0 bridgehead atoms. The first-order valence-corrected chi connectivity index (χ1v) is 9.90. The van der Waals surface area contributed by atoms with Gasteiger partial charge in [0.15, 0.2) is 5.79 Å². The van der Waals surface area contributed by atoms with Gasteiger partial charge in [0.2, 0.25) is 0 Å². The lowest BCUT2D eigenvalue weighted by atomic mass is 10.1. The molecule has 0 aliphatic carbocycles. The van der Waals surface area contributed by atoms with Gasteiger partial charge in [0, 0.05) is 24.8 Å². The van der Waals surface area contributed by atoms with Gasteiger partial charge in [-0.25, -0.2) is 0 Å². The van der Waals surface area contributed by atoms with Crippen LogP contribution in [0, 0.1) is 0 Å². The molecule has 2 amide bonds. The van der Waals surface area contributed by atoms with E-state index in [1.54, 1.807) is 48.7 Å². The maximum atomic E-state index is 12.4. The summed E-state index contributed by atoms with van der Waals surface area (Å²) in [6.07, 6.45) is 0.556. The van der Waals surface area contributed by atoms with Crippen LogP contribution in [0.4, 0.5) is 0 Å². The first kappa shape index (κ1) is 21.9. The summed E-state index contributed by atoms with van der Waals surface area (Å²) in [5.41, 5.74) is 0.877. The van der Waals surface area contributed by atoms with E-state index in [-0.39, 0.29) is 24.9 Å². The third-order valence-electron chi connectivity index (χ3n) is 4.58. The molecule has 1 aliphatic rings. The Morgan fingerprint density at radius 3 is 2.40 bits per heavy atom. The van der Waals surface area contributed by atoms with Crippen LogP contribution in [0.1, 0.15) is 34.7 Å². The summed E-state index contributed by atoms with van der Waals surface area (Å²) in [6.45, 7) is 4.74. The molecule has 0 radical (unpaired) electrons. The SMILES string of the molecule is CC1(C)OCCO[C@H](CNC(=O)c2ccccn2)[C@H](CNC(=O)c2ccccc2)O1. The van der Waals surface area contributed by atoms with Crippen LogP contribution < -0.4 is 10.6 Å². The number of benzene rings is 1. The van der Waals surface area contributed by atoms with E-state index in [0.717, 1.165) is 0 Å². The van der Waals surface area contributed by atoms with Crippen molar-refractivity contribution in [3.8, 4) is 0 Å². The Morgan fingerprint density at radius 2 is 1.67 bits per heavy atom. The van der Waals surface area contributed by atoms with Gasteiger partial charge in [0.25, 0.3) is 11.8 Å². The van der Waals surface area contributed by atoms with Crippen molar-refractivity contribution in [3.05, 3.63) is 66.0 Å². The quantitative estimate of drug-likeness (QED) is 0.749. The number of hydrogen-bond donors (Lipinski definition) is 2. The molecule has 0 saturated carbocycles. The highest BCUT2D eigenvalue weighted by Crippen LogP contribution is 2.20. The van der Waals surface area contributed by atoms with Crippen molar-refractivity contribution < 1.29 is 23.8 Å². The summed E-state index contributed by atoms with van der Waals surface area (Å²) in [7, 11) is 0. The summed E-state index contributed by atoms with van der Waals surface area (Å²) in [4.78, 5) is 28.9. The normalized spacial score (nSPS) is 21.1. The van der Waals surface area contributed by atoms with Crippen LogP contribution in [0.2, 0.25) is 0 Å². The summed E-state index contributed by atoms with van der Waals surface area (Å²) < 4.78 is 17.6. The van der Waals surface area contributed by atoms with E-state index in [4.69, 9.17) is 14.2 Å². The standard InChI is InChI=1S/C22H27N3O5/c1-22(2)29-13-12-28-18(14-25-21(27)17-10-6-7-11-23-17)19(30-22)15-24-20(26)16-8-4-3-5-9-16/h3-11,18-19H,12-15H2,1-2H3,(H,24,26)(H,25,27)/t18-,19+/m1/s1. The van der Waals surface area contributed by atoms with E-state index >= 15 is 0 Å². The van der Waals surface area contributed by atoms with Crippen LogP contribution in [0.25, 0.3) is 0 Å².